The number of hydrogen-bond donors (Lipinski definition) is 1. The standard InChI is InChI=1S/C12H13ClN2S2/c1-8(14)6-9-2-3-11(10(13)7-9)17-12-15-4-5-16-12/h2-5,7-8H,6,14H2,1H3. The molecule has 1 heterocycles. The normalized spacial score (nSPS) is 12.6. The highest BCUT2D eigenvalue weighted by Gasteiger charge is 2.06. The second-order valence-electron chi connectivity index (χ2n) is 3.85. The van der Waals surface area contributed by atoms with Crippen molar-refractivity contribution in [1.29, 1.82) is 0 Å². The number of thiazole rings is 1. The molecule has 1 aromatic carbocycles. The van der Waals surface area contributed by atoms with Crippen LogP contribution in [0, 0.1) is 0 Å². The van der Waals surface area contributed by atoms with Crippen molar-refractivity contribution in [1.82, 2.24) is 4.98 Å². The van der Waals surface area contributed by atoms with E-state index < -0.39 is 0 Å². The molecule has 0 aliphatic heterocycles. The van der Waals surface area contributed by atoms with E-state index in [9.17, 15) is 0 Å². The van der Waals surface area contributed by atoms with Gasteiger partial charge in [0.15, 0.2) is 4.34 Å². The zero-order valence-corrected chi connectivity index (χ0v) is 11.8. The van der Waals surface area contributed by atoms with Crippen LogP contribution in [0.4, 0.5) is 0 Å². The molecule has 90 valence electrons. The third kappa shape index (κ3) is 3.71. The molecule has 2 nitrogen and oxygen atoms in total. The summed E-state index contributed by atoms with van der Waals surface area (Å²) in [6.45, 7) is 1.99. The van der Waals surface area contributed by atoms with Crippen LogP contribution in [0.25, 0.3) is 0 Å². The van der Waals surface area contributed by atoms with E-state index in [0.29, 0.717) is 0 Å². The minimum Gasteiger partial charge on any atom is -0.328 e. The monoisotopic (exact) mass is 284 g/mol. The van der Waals surface area contributed by atoms with Gasteiger partial charge in [0.2, 0.25) is 0 Å². The summed E-state index contributed by atoms with van der Waals surface area (Å²) >= 11 is 9.45. The Morgan fingerprint density at radius 2 is 2.35 bits per heavy atom. The summed E-state index contributed by atoms with van der Waals surface area (Å²) in [4.78, 5) is 5.26. The molecule has 1 atom stereocenters. The number of benzene rings is 1. The van der Waals surface area contributed by atoms with Crippen molar-refractivity contribution in [2.45, 2.75) is 28.6 Å². The van der Waals surface area contributed by atoms with E-state index in [0.717, 1.165) is 20.7 Å². The first kappa shape index (κ1) is 12.9. The maximum absolute atomic E-state index is 6.24. The van der Waals surface area contributed by atoms with Gasteiger partial charge in [-0.25, -0.2) is 4.98 Å². The lowest BCUT2D eigenvalue weighted by Crippen LogP contribution is -2.17. The van der Waals surface area contributed by atoms with Gasteiger partial charge in [0.05, 0.1) is 5.02 Å². The van der Waals surface area contributed by atoms with Crippen LogP contribution in [0.2, 0.25) is 5.02 Å². The minimum atomic E-state index is 0.156. The number of nitrogens with two attached hydrogens (primary N) is 1. The van der Waals surface area contributed by atoms with Crippen LogP contribution in [0.3, 0.4) is 0 Å². The number of hydrogen-bond acceptors (Lipinski definition) is 4. The fourth-order valence-corrected chi connectivity index (χ4v) is 3.38. The van der Waals surface area contributed by atoms with Gasteiger partial charge in [-0.3, -0.25) is 0 Å². The second kappa shape index (κ2) is 5.87. The van der Waals surface area contributed by atoms with Crippen molar-refractivity contribution in [3.63, 3.8) is 0 Å². The molecule has 5 heteroatoms. The van der Waals surface area contributed by atoms with Gasteiger partial charge in [0.1, 0.15) is 0 Å². The summed E-state index contributed by atoms with van der Waals surface area (Å²) in [5.74, 6) is 0. The van der Waals surface area contributed by atoms with Crippen LogP contribution in [0.15, 0.2) is 39.0 Å². The Labute approximate surface area is 114 Å². The van der Waals surface area contributed by atoms with E-state index in [1.54, 1.807) is 29.3 Å². The van der Waals surface area contributed by atoms with Gasteiger partial charge in [-0.15, -0.1) is 11.3 Å². The van der Waals surface area contributed by atoms with Crippen molar-refractivity contribution >= 4 is 34.7 Å². The number of halogens is 1. The fourth-order valence-electron chi connectivity index (χ4n) is 1.48. The molecule has 0 fully saturated rings. The van der Waals surface area contributed by atoms with Crippen LogP contribution in [0.5, 0.6) is 0 Å². The molecule has 0 saturated heterocycles. The Morgan fingerprint density at radius 1 is 1.53 bits per heavy atom. The Bertz CT molecular complexity index is 483. The quantitative estimate of drug-likeness (QED) is 0.927. The summed E-state index contributed by atoms with van der Waals surface area (Å²) in [5.41, 5.74) is 6.94. The van der Waals surface area contributed by atoms with Crippen molar-refractivity contribution in [3.05, 3.63) is 40.4 Å². The van der Waals surface area contributed by atoms with Crippen LogP contribution < -0.4 is 5.73 Å². The molecule has 0 bridgehead atoms. The topological polar surface area (TPSA) is 38.9 Å². The molecule has 2 aromatic rings. The molecule has 0 amide bonds. The SMILES string of the molecule is CC(N)Cc1ccc(Sc2nccs2)c(Cl)c1. The van der Waals surface area contributed by atoms with E-state index >= 15 is 0 Å². The molecule has 0 radical (unpaired) electrons. The van der Waals surface area contributed by atoms with Crippen LogP contribution >= 0.6 is 34.7 Å². The smallest absolute Gasteiger partial charge is 0.154 e. The second-order valence-corrected chi connectivity index (χ2v) is 6.44. The van der Waals surface area contributed by atoms with Crippen LogP contribution in [0.1, 0.15) is 12.5 Å². The van der Waals surface area contributed by atoms with Crippen molar-refractivity contribution in [2.75, 3.05) is 0 Å². The lowest BCUT2D eigenvalue weighted by atomic mass is 10.1. The molecule has 0 aliphatic rings. The molecule has 1 aromatic heterocycles. The highest BCUT2D eigenvalue weighted by molar-refractivity contribution is 8.01. The summed E-state index contributed by atoms with van der Waals surface area (Å²) < 4.78 is 1.01. The lowest BCUT2D eigenvalue weighted by molar-refractivity contribution is 0.738. The number of rotatable bonds is 4. The lowest BCUT2D eigenvalue weighted by Gasteiger charge is -2.07. The fraction of sp³-hybridized carbons (Fsp3) is 0.250. The molecule has 2 N–H and O–H groups in total. The minimum absolute atomic E-state index is 0.156. The maximum atomic E-state index is 6.24. The average Bonchev–Trinajstić information content (AvgIpc) is 2.74. The molecule has 0 spiro atoms. The van der Waals surface area contributed by atoms with Gasteiger partial charge >= 0.3 is 0 Å². The van der Waals surface area contributed by atoms with Gasteiger partial charge in [0, 0.05) is 22.5 Å². The first-order valence-corrected chi connectivity index (χ1v) is 7.34. The zero-order valence-electron chi connectivity index (χ0n) is 9.39. The zero-order chi connectivity index (χ0) is 12.3. The maximum Gasteiger partial charge on any atom is 0.154 e. The Morgan fingerprint density at radius 3 is 2.94 bits per heavy atom. The molecule has 2 rings (SSSR count). The summed E-state index contributed by atoms with van der Waals surface area (Å²) in [5, 5.41) is 2.73. The van der Waals surface area contributed by atoms with Crippen molar-refractivity contribution in [3.8, 4) is 0 Å². The molecule has 1 unspecified atom stereocenters. The van der Waals surface area contributed by atoms with Gasteiger partial charge in [-0.05, 0) is 31.0 Å². The Balaban J connectivity index is 2.14. The van der Waals surface area contributed by atoms with E-state index in [2.05, 4.69) is 11.1 Å². The molecular weight excluding hydrogens is 272 g/mol. The van der Waals surface area contributed by atoms with E-state index in [1.807, 2.05) is 24.4 Å². The van der Waals surface area contributed by atoms with Crippen molar-refractivity contribution < 1.29 is 0 Å². The highest BCUT2D eigenvalue weighted by Crippen LogP contribution is 2.34. The van der Waals surface area contributed by atoms with E-state index in [1.165, 1.54) is 5.56 Å². The Kier molecular flexibility index (Phi) is 4.45. The third-order valence-electron chi connectivity index (χ3n) is 2.16. The van der Waals surface area contributed by atoms with Crippen molar-refractivity contribution in [2.24, 2.45) is 5.73 Å². The predicted molar refractivity (Wildman–Crippen MR) is 75.0 cm³/mol. The summed E-state index contributed by atoms with van der Waals surface area (Å²) in [7, 11) is 0. The number of nitrogens with zero attached hydrogens (tertiary/aromatic N) is 1. The third-order valence-corrected chi connectivity index (χ3v) is 4.55. The van der Waals surface area contributed by atoms with Gasteiger partial charge < -0.3 is 5.73 Å². The van der Waals surface area contributed by atoms with Gasteiger partial charge in [0.25, 0.3) is 0 Å². The van der Waals surface area contributed by atoms with E-state index in [-0.39, 0.29) is 6.04 Å². The molecule has 0 aliphatic carbocycles. The molecule has 17 heavy (non-hydrogen) atoms. The van der Waals surface area contributed by atoms with Gasteiger partial charge in [-0.1, -0.05) is 29.4 Å². The first-order valence-electron chi connectivity index (χ1n) is 5.26. The molecule has 0 saturated carbocycles. The summed E-state index contributed by atoms with van der Waals surface area (Å²) in [6, 6.07) is 6.25. The predicted octanol–water partition coefficient (Wildman–Crippen LogP) is 3.84. The number of aromatic nitrogens is 1. The highest BCUT2D eigenvalue weighted by atomic mass is 35.5. The molecular formula is C12H13ClN2S2. The Hall–Kier alpha value is -0.550. The van der Waals surface area contributed by atoms with Crippen LogP contribution in [-0.2, 0) is 6.42 Å². The van der Waals surface area contributed by atoms with E-state index in [4.69, 9.17) is 17.3 Å². The summed E-state index contributed by atoms with van der Waals surface area (Å²) in [6.07, 6.45) is 2.65. The largest absolute Gasteiger partial charge is 0.328 e. The van der Waals surface area contributed by atoms with Crippen LogP contribution in [-0.4, -0.2) is 11.0 Å². The van der Waals surface area contributed by atoms with Gasteiger partial charge in [-0.2, -0.15) is 0 Å². The average molecular weight is 285 g/mol. The first-order chi connectivity index (χ1) is 8.15.